The largest absolute Gasteiger partial charge is 0.486 e. The molecule has 0 spiro atoms. The zero-order valence-corrected chi connectivity index (χ0v) is 13.5. The third-order valence-electron chi connectivity index (χ3n) is 4.15. The van der Waals surface area contributed by atoms with Gasteiger partial charge in [-0.25, -0.2) is 4.98 Å². The molecule has 1 aromatic carbocycles. The van der Waals surface area contributed by atoms with E-state index in [2.05, 4.69) is 10.3 Å². The van der Waals surface area contributed by atoms with E-state index < -0.39 is 0 Å². The van der Waals surface area contributed by atoms with E-state index in [4.69, 9.17) is 4.74 Å². The quantitative estimate of drug-likeness (QED) is 0.785. The highest BCUT2D eigenvalue weighted by atomic mass is 16.5. The van der Waals surface area contributed by atoms with E-state index in [0.717, 1.165) is 29.7 Å². The number of ether oxygens (including phenoxy) is 1. The number of hydrogen-bond donors (Lipinski definition) is 1. The summed E-state index contributed by atoms with van der Waals surface area (Å²) in [4.78, 5) is 16.9. The number of aromatic nitrogens is 2. The van der Waals surface area contributed by atoms with Crippen molar-refractivity contribution in [3.05, 3.63) is 65.6 Å². The number of fused-ring (bicyclic) bond motifs is 1. The van der Waals surface area contributed by atoms with Crippen LogP contribution in [0.25, 0.3) is 5.65 Å². The molecule has 1 aliphatic rings. The number of rotatable bonds is 5. The summed E-state index contributed by atoms with van der Waals surface area (Å²) >= 11 is 0. The van der Waals surface area contributed by atoms with Crippen molar-refractivity contribution in [2.45, 2.75) is 32.4 Å². The zero-order valence-electron chi connectivity index (χ0n) is 13.5. The Morgan fingerprint density at radius 2 is 2.12 bits per heavy atom. The van der Waals surface area contributed by atoms with Crippen LogP contribution in [0.1, 0.15) is 34.5 Å². The second kappa shape index (κ2) is 6.00. The van der Waals surface area contributed by atoms with E-state index in [1.165, 1.54) is 0 Å². The van der Waals surface area contributed by atoms with Gasteiger partial charge in [-0.2, -0.15) is 0 Å². The lowest BCUT2D eigenvalue weighted by atomic mass is 10.2. The van der Waals surface area contributed by atoms with Crippen molar-refractivity contribution in [1.29, 1.82) is 0 Å². The summed E-state index contributed by atoms with van der Waals surface area (Å²) in [5, 5.41) is 3.00. The molecule has 2 heterocycles. The van der Waals surface area contributed by atoms with Crippen LogP contribution >= 0.6 is 0 Å². The Bertz CT molecular complexity index is 897. The van der Waals surface area contributed by atoms with Crippen molar-refractivity contribution >= 4 is 11.6 Å². The van der Waals surface area contributed by atoms with Crippen LogP contribution in [0.4, 0.5) is 0 Å². The minimum absolute atomic E-state index is 0.0704. The van der Waals surface area contributed by atoms with E-state index in [1.807, 2.05) is 54.0 Å². The monoisotopic (exact) mass is 321 g/mol. The number of carbonyl (C=O) groups excluding carboxylic acids is 1. The van der Waals surface area contributed by atoms with Crippen molar-refractivity contribution in [1.82, 2.24) is 14.7 Å². The molecule has 0 saturated heterocycles. The van der Waals surface area contributed by atoms with Gasteiger partial charge in [0.15, 0.2) is 0 Å². The number of hydrogen-bond acceptors (Lipinski definition) is 3. The lowest BCUT2D eigenvalue weighted by Gasteiger charge is -2.10. The van der Waals surface area contributed by atoms with E-state index in [0.29, 0.717) is 24.0 Å². The third kappa shape index (κ3) is 2.97. The van der Waals surface area contributed by atoms with Crippen LogP contribution in [0.2, 0.25) is 0 Å². The Kier molecular flexibility index (Phi) is 3.69. The SMILES string of the molecule is Cc1cccn2cc(COc3ccccc3C(=O)NC3CC3)nc12. The van der Waals surface area contributed by atoms with Gasteiger partial charge >= 0.3 is 0 Å². The van der Waals surface area contributed by atoms with Crippen molar-refractivity contribution in [3.8, 4) is 5.75 Å². The number of imidazole rings is 1. The summed E-state index contributed by atoms with van der Waals surface area (Å²) < 4.78 is 7.86. The minimum Gasteiger partial charge on any atom is -0.486 e. The second-order valence-electron chi connectivity index (χ2n) is 6.19. The molecule has 0 bridgehead atoms. The maximum absolute atomic E-state index is 12.3. The van der Waals surface area contributed by atoms with Crippen LogP contribution in [-0.2, 0) is 6.61 Å². The van der Waals surface area contributed by atoms with Crippen molar-refractivity contribution < 1.29 is 9.53 Å². The molecule has 1 fully saturated rings. The summed E-state index contributed by atoms with van der Waals surface area (Å²) in [7, 11) is 0. The first kappa shape index (κ1) is 14.8. The summed E-state index contributed by atoms with van der Waals surface area (Å²) in [6, 6.07) is 11.7. The molecule has 122 valence electrons. The van der Waals surface area contributed by atoms with Crippen molar-refractivity contribution in [2.75, 3.05) is 0 Å². The molecule has 5 heteroatoms. The Morgan fingerprint density at radius 1 is 1.29 bits per heavy atom. The number of amides is 1. The number of pyridine rings is 1. The van der Waals surface area contributed by atoms with Crippen LogP contribution in [0.15, 0.2) is 48.8 Å². The van der Waals surface area contributed by atoms with Crippen molar-refractivity contribution in [3.63, 3.8) is 0 Å². The Hall–Kier alpha value is -2.82. The average molecular weight is 321 g/mol. The zero-order chi connectivity index (χ0) is 16.5. The van der Waals surface area contributed by atoms with Gasteiger partial charge in [0.2, 0.25) is 0 Å². The van der Waals surface area contributed by atoms with E-state index >= 15 is 0 Å². The predicted octanol–water partition coefficient (Wildman–Crippen LogP) is 3.11. The molecular weight excluding hydrogens is 302 g/mol. The number of nitrogens with one attached hydrogen (secondary N) is 1. The van der Waals surface area contributed by atoms with Gasteiger partial charge in [-0.05, 0) is 43.5 Å². The molecule has 24 heavy (non-hydrogen) atoms. The fourth-order valence-electron chi connectivity index (χ4n) is 2.70. The maximum Gasteiger partial charge on any atom is 0.255 e. The van der Waals surface area contributed by atoms with Crippen LogP contribution in [0.5, 0.6) is 5.75 Å². The maximum atomic E-state index is 12.3. The molecule has 1 amide bonds. The molecule has 4 rings (SSSR count). The Labute approximate surface area is 140 Å². The molecule has 2 aromatic heterocycles. The lowest BCUT2D eigenvalue weighted by molar-refractivity contribution is 0.0946. The van der Waals surface area contributed by atoms with Crippen LogP contribution < -0.4 is 10.1 Å². The summed E-state index contributed by atoms with van der Waals surface area (Å²) in [6.45, 7) is 2.36. The van der Waals surface area contributed by atoms with Gasteiger partial charge in [0.1, 0.15) is 18.0 Å². The first-order valence-corrected chi connectivity index (χ1v) is 8.16. The van der Waals surface area contributed by atoms with Crippen LogP contribution in [0, 0.1) is 6.92 Å². The highest BCUT2D eigenvalue weighted by molar-refractivity contribution is 5.97. The average Bonchev–Trinajstić information content (AvgIpc) is 3.29. The van der Waals surface area contributed by atoms with E-state index in [-0.39, 0.29) is 5.91 Å². The molecule has 1 N–H and O–H groups in total. The molecule has 3 aromatic rings. The van der Waals surface area contributed by atoms with Gasteiger partial charge in [0.05, 0.1) is 11.3 Å². The molecule has 0 unspecified atom stereocenters. The van der Waals surface area contributed by atoms with Gasteiger partial charge in [-0.3, -0.25) is 4.79 Å². The van der Waals surface area contributed by atoms with Gasteiger partial charge in [0.25, 0.3) is 5.91 Å². The lowest BCUT2D eigenvalue weighted by Crippen LogP contribution is -2.25. The summed E-state index contributed by atoms with van der Waals surface area (Å²) in [5.41, 5.74) is 3.45. The predicted molar refractivity (Wildman–Crippen MR) is 91.2 cm³/mol. The molecule has 5 nitrogen and oxygen atoms in total. The van der Waals surface area contributed by atoms with E-state index in [9.17, 15) is 4.79 Å². The highest BCUT2D eigenvalue weighted by Crippen LogP contribution is 2.23. The number of carbonyl (C=O) groups is 1. The van der Waals surface area contributed by atoms with Crippen LogP contribution in [-0.4, -0.2) is 21.3 Å². The van der Waals surface area contributed by atoms with Crippen LogP contribution in [0.3, 0.4) is 0 Å². The smallest absolute Gasteiger partial charge is 0.255 e. The fraction of sp³-hybridized carbons (Fsp3) is 0.263. The highest BCUT2D eigenvalue weighted by Gasteiger charge is 2.25. The molecular formula is C19H19N3O2. The van der Waals surface area contributed by atoms with Gasteiger partial charge in [-0.15, -0.1) is 0 Å². The standard InChI is InChI=1S/C19H19N3O2/c1-13-5-4-10-22-11-15(20-18(13)22)12-24-17-7-3-2-6-16(17)19(23)21-14-8-9-14/h2-7,10-11,14H,8-9,12H2,1H3,(H,21,23). The van der Waals surface area contributed by atoms with Gasteiger partial charge < -0.3 is 14.5 Å². The summed E-state index contributed by atoms with van der Waals surface area (Å²) in [6.07, 6.45) is 6.05. The molecule has 0 aliphatic heterocycles. The number of para-hydroxylation sites is 1. The number of nitrogens with zero attached hydrogens (tertiary/aromatic N) is 2. The minimum atomic E-state index is -0.0704. The molecule has 1 aliphatic carbocycles. The Morgan fingerprint density at radius 3 is 2.92 bits per heavy atom. The van der Waals surface area contributed by atoms with Crippen molar-refractivity contribution in [2.24, 2.45) is 0 Å². The van der Waals surface area contributed by atoms with Gasteiger partial charge in [0, 0.05) is 18.4 Å². The number of benzene rings is 1. The topological polar surface area (TPSA) is 55.6 Å². The fourth-order valence-corrected chi connectivity index (χ4v) is 2.70. The Balaban J connectivity index is 1.52. The normalized spacial score (nSPS) is 13.9. The molecule has 0 radical (unpaired) electrons. The first-order chi connectivity index (χ1) is 11.7. The summed E-state index contributed by atoms with van der Waals surface area (Å²) in [5.74, 6) is 0.517. The molecule has 0 atom stereocenters. The van der Waals surface area contributed by atoms with Gasteiger partial charge in [-0.1, -0.05) is 18.2 Å². The third-order valence-corrected chi connectivity index (χ3v) is 4.15. The van der Waals surface area contributed by atoms with E-state index in [1.54, 1.807) is 6.07 Å². The number of aryl methyl sites for hydroxylation is 1. The molecule has 1 saturated carbocycles. The second-order valence-corrected chi connectivity index (χ2v) is 6.19. The first-order valence-electron chi connectivity index (χ1n) is 8.16.